The summed E-state index contributed by atoms with van der Waals surface area (Å²) < 4.78 is 16.2. The molecule has 252 valence electrons. The molecule has 0 spiro atoms. The lowest BCUT2D eigenvalue weighted by Crippen LogP contribution is -2.13. The smallest absolute Gasteiger partial charge is 0.337 e. The molecule has 5 heteroatoms. The molecule has 0 aliphatic heterocycles. The molecular weight excluding hydrogens is 596 g/mol. The number of carbonyl (C=O) groups is 2. The van der Waals surface area contributed by atoms with Gasteiger partial charge in [-0.1, -0.05) is 98.1 Å². The molecule has 4 aromatic rings. The molecule has 0 N–H and O–H groups in total. The molecular formula is C43H50O5. The average Bonchev–Trinajstić information content (AvgIpc) is 3.56. The van der Waals surface area contributed by atoms with Crippen LogP contribution in [-0.4, -0.2) is 26.2 Å². The first-order valence-electron chi connectivity index (χ1n) is 17.6. The van der Waals surface area contributed by atoms with Crippen LogP contribution in [0.3, 0.4) is 0 Å². The van der Waals surface area contributed by atoms with Crippen LogP contribution in [0.2, 0.25) is 0 Å². The Labute approximate surface area is 286 Å². The number of fused-ring (bicyclic) bond motifs is 1. The maximum atomic E-state index is 12.2. The van der Waals surface area contributed by atoms with Crippen LogP contribution < -0.4 is 4.74 Å². The Hall–Kier alpha value is -4.38. The fourth-order valence-electron chi connectivity index (χ4n) is 7.15. The van der Waals surface area contributed by atoms with Crippen LogP contribution in [0.5, 0.6) is 5.75 Å². The van der Waals surface area contributed by atoms with Crippen LogP contribution in [0.4, 0.5) is 0 Å². The zero-order chi connectivity index (χ0) is 33.6. The number of ether oxygens (including phenoxy) is 3. The number of para-hydroxylation sites is 1. The first-order valence-corrected chi connectivity index (χ1v) is 17.6. The zero-order valence-electron chi connectivity index (χ0n) is 28.6. The third kappa shape index (κ3) is 10.1. The number of hydrogen-bond acceptors (Lipinski definition) is 5. The molecule has 4 aromatic carbocycles. The Morgan fingerprint density at radius 1 is 0.708 bits per heavy atom. The predicted octanol–water partition coefficient (Wildman–Crippen LogP) is 9.63. The molecule has 0 heterocycles. The number of hydrogen-bond donors (Lipinski definition) is 0. The summed E-state index contributed by atoms with van der Waals surface area (Å²) in [5.41, 5.74) is 8.42. The summed E-state index contributed by atoms with van der Waals surface area (Å²) in [6.07, 6.45) is 12.0. The minimum atomic E-state index is -0.277. The normalized spacial score (nSPS) is 14.2. The van der Waals surface area contributed by atoms with Crippen molar-refractivity contribution in [2.24, 2.45) is 5.92 Å². The van der Waals surface area contributed by atoms with Gasteiger partial charge in [-0.3, -0.25) is 4.79 Å². The fourth-order valence-corrected chi connectivity index (χ4v) is 7.15. The maximum absolute atomic E-state index is 12.2. The van der Waals surface area contributed by atoms with Crippen LogP contribution in [0.1, 0.15) is 101 Å². The average molecular weight is 647 g/mol. The predicted molar refractivity (Wildman–Crippen MR) is 191 cm³/mol. The van der Waals surface area contributed by atoms with Gasteiger partial charge in [0.15, 0.2) is 0 Å². The highest BCUT2D eigenvalue weighted by Crippen LogP contribution is 2.43. The fraction of sp³-hybridized carbons (Fsp3) is 0.395. The van der Waals surface area contributed by atoms with E-state index in [0.717, 1.165) is 76.4 Å². The number of benzene rings is 4. The lowest BCUT2D eigenvalue weighted by atomic mass is 9.80. The molecule has 0 bridgehead atoms. The molecule has 48 heavy (non-hydrogen) atoms. The molecule has 0 saturated carbocycles. The molecule has 0 radical (unpaired) electrons. The van der Waals surface area contributed by atoms with Crippen molar-refractivity contribution >= 4 is 11.9 Å². The summed E-state index contributed by atoms with van der Waals surface area (Å²) >= 11 is 0. The van der Waals surface area contributed by atoms with Crippen molar-refractivity contribution < 1.29 is 23.8 Å². The first kappa shape index (κ1) is 34.9. The van der Waals surface area contributed by atoms with Gasteiger partial charge in [0.05, 0.1) is 19.8 Å². The van der Waals surface area contributed by atoms with Gasteiger partial charge in [-0.05, 0) is 115 Å². The van der Waals surface area contributed by atoms with Crippen LogP contribution >= 0.6 is 0 Å². The van der Waals surface area contributed by atoms with E-state index in [1.165, 1.54) is 47.6 Å². The van der Waals surface area contributed by atoms with Gasteiger partial charge in [-0.2, -0.15) is 0 Å². The highest BCUT2D eigenvalue weighted by Gasteiger charge is 2.30. The van der Waals surface area contributed by atoms with E-state index in [1.807, 2.05) is 12.1 Å². The van der Waals surface area contributed by atoms with E-state index in [9.17, 15) is 9.59 Å². The van der Waals surface area contributed by atoms with Crippen molar-refractivity contribution in [3.05, 3.63) is 136 Å². The Kier molecular flexibility index (Phi) is 13.3. The molecule has 2 atom stereocenters. The van der Waals surface area contributed by atoms with Gasteiger partial charge in [0, 0.05) is 6.42 Å². The van der Waals surface area contributed by atoms with E-state index < -0.39 is 0 Å². The minimum absolute atomic E-state index is 0.126. The van der Waals surface area contributed by atoms with Gasteiger partial charge in [-0.15, -0.1) is 0 Å². The number of carbonyl (C=O) groups excluding carboxylic acids is 2. The molecule has 1 aliphatic rings. The van der Waals surface area contributed by atoms with Crippen LogP contribution in [0, 0.1) is 5.92 Å². The Morgan fingerprint density at radius 2 is 1.42 bits per heavy atom. The van der Waals surface area contributed by atoms with Crippen molar-refractivity contribution in [2.75, 3.05) is 14.2 Å². The molecule has 0 saturated heterocycles. The van der Waals surface area contributed by atoms with E-state index in [4.69, 9.17) is 14.2 Å². The summed E-state index contributed by atoms with van der Waals surface area (Å²) in [6, 6.07) is 34.0. The third-order valence-corrected chi connectivity index (χ3v) is 9.91. The second-order valence-electron chi connectivity index (χ2n) is 13.1. The highest BCUT2D eigenvalue weighted by molar-refractivity contribution is 5.89. The second kappa shape index (κ2) is 18.2. The topological polar surface area (TPSA) is 61.8 Å². The van der Waals surface area contributed by atoms with E-state index in [-0.39, 0.29) is 11.9 Å². The summed E-state index contributed by atoms with van der Waals surface area (Å²) in [7, 11) is 2.89. The van der Waals surface area contributed by atoms with Gasteiger partial charge in [-0.25, -0.2) is 4.79 Å². The van der Waals surface area contributed by atoms with Gasteiger partial charge in [0.1, 0.15) is 12.4 Å². The van der Waals surface area contributed by atoms with Crippen molar-refractivity contribution in [2.45, 2.75) is 89.6 Å². The van der Waals surface area contributed by atoms with E-state index in [0.29, 0.717) is 30.4 Å². The molecule has 0 aromatic heterocycles. The number of unbranched alkanes of at least 4 members (excludes halogenated alkanes) is 3. The number of methoxy groups -OCH3 is 2. The largest absolute Gasteiger partial charge is 0.489 e. The van der Waals surface area contributed by atoms with Crippen molar-refractivity contribution in [1.82, 2.24) is 0 Å². The minimum Gasteiger partial charge on any atom is -0.489 e. The second-order valence-corrected chi connectivity index (χ2v) is 13.1. The van der Waals surface area contributed by atoms with Gasteiger partial charge >= 0.3 is 11.9 Å². The van der Waals surface area contributed by atoms with Gasteiger partial charge in [0.25, 0.3) is 0 Å². The Morgan fingerprint density at radius 3 is 2.19 bits per heavy atom. The molecule has 5 rings (SSSR count). The molecule has 2 unspecified atom stereocenters. The standard InChI is InChI=1S/C43H50O5/c1-46-42(44)17-9-4-3-8-14-35(39-28-26-37-30-38(43(45)47-2)27-29-40(37)39)24-25-36-15-10-11-16-41(36)48-31-34-22-20-33(21-23-34)19-18-32-12-6-5-7-13-32/h5-7,10-13,15-16,20-23,27,29-30,35,39H,3-4,8-9,14,17-19,24-26,28,31H2,1-2H3. The molecule has 0 amide bonds. The van der Waals surface area contributed by atoms with Crippen LogP contribution in [0.15, 0.2) is 97.1 Å². The lowest BCUT2D eigenvalue weighted by Gasteiger charge is -2.25. The van der Waals surface area contributed by atoms with E-state index in [1.54, 1.807) is 0 Å². The molecule has 0 fully saturated rings. The quantitative estimate of drug-likeness (QED) is 0.0796. The third-order valence-electron chi connectivity index (χ3n) is 9.91. The maximum Gasteiger partial charge on any atom is 0.337 e. The SMILES string of the molecule is COC(=O)CCCCCCC(CCc1ccccc1OCc1ccc(CCc2ccccc2)cc1)C1CCc2cc(C(=O)OC)ccc21. The van der Waals surface area contributed by atoms with Gasteiger partial charge < -0.3 is 14.2 Å². The summed E-state index contributed by atoms with van der Waals surface area (Å²) in [5, 5.41) is 0. The van der Waals surface area contributed by atoms with Crippen LogP contribution in [-0.2, 0) is 46.6 Å². The van der Waals surface area contributed by atoms with E-state index in [2.05, 4.69) is 84.9 Å². The first-order chi connectivity index (χ1) is 23.5. The number of rotatable bonds is 18. The number of esters is 2. The highest BCUT2D eigenvalue weighted by atomic mass is 16.5. The summed E-state index contributed by atoms with van der Waals surface area (Å²) in [4.78, 5) is 23.7. The summed E-state index contributed by atoms with van der Waals surface area (Å²) in [5.74, 6) is 1.54. The lowest BCUT2D eigenvalue weighted by molar-refractivity contribution is -0.140. The van der Waals surface area contributed by atoms with Crippen molar-refractivity contribution in [1.29, 1.82) is 0 Å². The summed E-state index contributed by atoms with van der Waals surface area (Å²) in [6.45, 7) is 0.545. The van der Waals surface area contributed by atoms with E-state index >= 15 is 0 Å². The van der Waals surface area contributed by atoms with Gasteiger partial charge in [0.2, 0.25) is 0 Å². The zero-order valence-corrected chi connectivity index (χ0v) is 28.6. The monoisotopic (exact) mass is 646 g/mol. The molecule has 5 nitrogen and oxygen atoms in total. The Balaban J connectivity index is 1.20. The van der Waals surface area contributed by atoms with Crippen molar-refractivity contribution in [3.63, 3.8) is 0 Å². The molecule has 1 aliphatic carbocycles. The van der Waals surface area contributed by atoms with Crippen LogP contribution in [0.25, 0.3) is 0 Å². The Bertz CT molecular complexity index is 1590. The number of aryl methyl sites for hydroxylation is 4. The van der Waals surface area contributed by atoms with Crippen molar-refractivity contribution in [3.8, 4) is 5.75 Å².